The van der Waals surface area contributed by atoms with E-state index in [1.807, 2.05) is 31.1 Å². The third kappa shape index (κ3) is 3.12. The molecule has 0 aliphatic heterocycles. The van der Waals surface area contributed by atoms with Crippen molar-refractivity contribution in [1.29, 1.82) is 0 Å². The summed E-state index contributed by atoms with van der Waals surface area (Å²) >= 11 is 0. The first-order valence-electron chi connectivity index (χ1n) is 6.33. The Kier molecular flexibility index (Phi) is 4.30. The van der Waals surface area contributed by atoms with Crippen LogP contribution in [0.4, 0.5) is 11.4 Å². The summed E-state index contributed by atoms with van der Waals surface area (Å²) in [5, 5.41) is 13.1. The second kappa shape index (κ2) is 6.14. The van der Waals surface area contributed by atoms with Crippen LogP contribution in [0.5, 0.6) is 11.5 Å². The summed E-state index contributed by atoms with van der Waals surface area (Å²) in [5.41, 5.74) is 2.99. The Morgan fingerprint density at radius 2 is 2.10 bits per heavy atom. The number of aromatic nitrogens is 1. The van der Waals surface area contributed by atoms with Crippen LogP contribution < -0.4 is 15.0 Å². The quantitative estimate of drug-likeness (QED) is 0.876. The van der Waals surface area contributed by atoms with Gasteiger partial charge in [0.05, 0.1) is 24.7 Å². The summed E-state index contributed by atoms with van der Waals surface area (Å²) < 4.78 is 5.03. The Bertz CT molecular complexity index is 585. The van der Waals surface area contributed by atoms with Crippen molar-refractivity contribution in [2.24, 2.45) is 0 Å². The van der Waals surface area contributed by atoms with Gasteiger partial charge in [-0.1, -0.05) is 6.07 Å². The molecule has 1 aromatic heterocycles. The highest BCUT2D eigenvalue weighted by molar-refractivity contribution is 5.68. The van der Waals surface area contributed by atoms with E-state index in [9.17, 15) is 5.11 Å². The Balaban J connectivity index is 2.11. The number of pyridine rings is 1. The molecule has 0 aliphatic rings. The summed E-state index contributed by atoms with van der Waals surface area (Å²) in [5.74, 6) is 0.620. The van der Waals surface area contributed by atoms with E-state index in [4.69, 9.17) is 4.74 Å². The number of ether oxygens (including phenoxy) is 1. The van der Waals surface area contributed by atoms with Gasteiger partial charge in [-0.2, -0.15) is 0 Å². The number of nitrogens with zero attached hydrogens (tertiary/aromatic N) is 2. The molecule has 5 heteroatoms. The van der Waals surface area contributed by atoms with E-state index < -0.39 is 0 Å². The number of rotatable bonds is 5. The highest BCUT2D eigenvalue weighted by atomic mass is 16.5. The maximum Gasteiger partial charge on any atom is 0.160 e. The first kappa shape index (κ1) is 14.0. The van der Waals surface area contributed by atoms with Gasteiger partial charge in [0.15, 0.2) is 11.5 Å². The molecule has 1 heterocycles. The standard InChI is InChI=1S/C15H19N3O2/c1-18(2)13-6-7-16-10-12(13)17-9-11-4-5-15(20-3)14(19)8-11/h4-8,10,17,19H,9H2,1-3H3. The summed E-state index contributed by atoms with van der Waals surface area (Å²) in [6.45, 7) is 0.601. The van der Waals surface area contributed by atoms with Gasteiger partial charge in [-0.3, -0.25) is 4.98 Å². The molecule has 5 nitrogen and oxygen atoms in total. The highest BCUT2D eigenvalue weighted by Crippen LogP contribution is 2.27. The van der Waals surface area contributed by atoms with Gasteiger partial charge in [-0.15, -0.1) is 0 Å². The molecular weight excluding hydrogens is 254 g/mol. The first-order valence-corrected chi connectivity index (χ1v) is 6.33. The lowest BCUT2D eigenvalue weighted by atomic mass is 10.2. The van der Waals surface area contributed by atoms with Gasteiger partial charge in [0.25, 0.3) is 0 Å². The zero-order valence-electron chi connectivity index (χ0n) is 11.9. The molecule has 2 aromatic rings. The molecule has 0 unspecified atom stereocenters. The van der Waals surface area contributed by atoms with Crippen LogP contribution >= 0.6 is 0 Å². The molecule has 20 heavy (non-hydrogen) atoms. The van der Waals surface area contributed by atoms with Gasteiger partial charge in [0.2, 0.25) is 0 Å². The molecule has 0 amide bonds. The molecule has 0 radical (unpaired) electrons. The molecule has 0 atom stereocenters. The predicted molar refractivity (Wildman–Crippen MR) is 80.5 cm³/mol. The number of aromatic hydroxyl groups is 1. The number of anilines is 2. The number of nitrogens with one attached hydrogen (secondary N) is 1. The topological polar surface area (TPSA) is 57.6 Å². The maximum atomic E-state index is 9.76. The first-order chi connectivity index (χ1) is 9.61. The Hall–Kier alpha value is -2.43. The van der Waals surface area contributed by atoms with Gasteiger partial charge in [0.1, 0.15) is 0 Å². The summed E-state index contributed by atoms with van der Waals surface area (Å²) in [6.07, 6.45) is 3.55. The van der Waals surface area contributed by atoms with Crippen molar-refractivity contribution in [3.05, 3.63) is 42.2 Å². The summed E-state index contributed by atoms with van der Waals surface area (Å²) in [4.78, 5) is 6.15. The average Bonchev–Trinajstić information content (AvgIpc) is 2.45. The van der Waals surface area contributed by atoms with Crippen molar-refractivity contribution in [2.45, 2.75) is 6.54 Å². The lowest BCUT2D eigenvalue weighted by molar-refractivity contribution is 0.373. The van der Waals surface area contributed by atoms with Crippen LogP contribution in [0.15, 0.2) is 36.7 Å². The molecule has 0 bridgehead atoms. The number of phenols is 1. The Labute approximate surface area is 118 Å². The lowest BCUT2D eigenvalue weighted by Crippen LogP contribution is -2.12. The number of methoxy groups -OCH3 is 1. The molecule has 2 rings (SSSR count). The second-order valence-electron chi connectivity index (χ2n) is 4.65. The van der Waals surface area contributed by atoms with Crippen molar-refractivity contribution in [3.63, 3.8) is 0 Å². The van der Waals surface area contributed by atoms with Crippen molar-refractivity contribution >= 4 is 11.4 Å². The zero-order valence-corrected chi connectivity index (χ0v) is 11.9. The molecule has 1 aromatic carbocycles. The molecule has 0 spiro atoms. The van der Waals surface area contributed by atoms with Gasteiger partial charge in [-0.05, 0) is 23.8 Å². The number of phenolic OH excluding ortho intramolecular Hbond substituents is 1. The molecule has 2 N–H and O–H groups in total. The van der Waals surface area contributed by atoms with E-state index >= 15 is 0 Å². The van der Waals surface area contributed by atoms with Crippen LogP contribution in [-0.4, -0.2) is 31.3 Å². The molecule has 0 aliphatic carbocycles. The third-order valence-electron chi connectivity index (χ3n) is 3.01. The molecular formula is C15H19N3O2. The minimum Gasteiger partial charge on any atom is -0.504 e. The normalized spacial score (nSPS) is 10.2. The van der Waals surface area contributed by atoms with Gasteiger partial charge >= 0.3 is 0 Å². The maximum absolute atomic E-state index is 9.76. The van der Waals surface area contributed by atoms with Crippen LogP contribution in [0, 0.1) is 0 Å². The number of benzene rings is 1. The number of hydrogen-bond donors (Lipinski definition) is 2. The molecule has 0 saturated heterocycles. The summed E-state index contributed by atoms with van der Waals surface area (Å²) in [7, 11) is 5.51. The minimum absolute atomic E-state index is 0.144. The van der Waals surface area contributed by atoms with Crippen molar-refractivity contribution in [1.82, 2.24) is 4.98 Å². The van der Waals surface area contributed by atoms with E-state index in [1.165, 1.54) is 7.11 Å². The summed E-state index contributed by atoms with van der Waals surface area (Å²) in [6, 6.07) is 7.31. The van der Waals surface area contributed by atoms with Gasteiger partial charge in [0, 0.05) is 26.8 Å². The minimum atomic E-state index is 0.144. The van der Waals surface area contributed by atoms with Gasteiger partial charge in [-0.25, -0.2) is 0 Å². The Morgan fingerprint density at radius 1 is 1.30 bits per heavy atom. The fraction of sp³-hybridized carbons (Fsp3) is 0.267. The molecule has 0 saturated carbocycles. The highest BCUT2D eigenvalue weighted by Gasteiger charge is 2.05. The van der Waals surface area contributed by atoms with E-state index in [0.29, 0.717) is 12.3 Å². The van der Waals surface area contributed by atoms with Crippen molar-refractivity contribution in [2.75, 3.05) is 31.4 Å². The van der Waals surface area contributed by atoms with E-state index in [1.54, 1.807) is 24.5 Å². The lowest BCUT2D eigenvalue weighted by Gasteiger charge is -2.18. The largest absolute Gasteiger partial charge is 0.504 e. The monoisotopic (exact) mass is 273 g/mol. The van der Waals surface area contributed by atoms with Crippen molar-refractivity contribution in [3.8, 4) is 11.5 Å². The van der Waals surface area contributed by atoms with Crippen LogP contribution in [0.2, 0.25) is 0 Å². The fourth-order valence-electron chi connectivity index (χ4n) is 1.96. The van der Waals surface area contributed by atoms with E-state index in [0.717, 1.165) is 16.9 Å². The number of hydrogen-bond acceptors (Lipinski definition) is 5. The van der Waals surface area contributed by atoms with E-state index in [2.05, 4.69) is 10.3 Å². The molecule has 106 valence electrons. The van der Waals surface area contributed by atoms with Crippen LogP contribution in [-0.2, 0) is 6.54 Å². The Morgan fingerprint density at radius 3 is 2.75 bits per heavy atom. The zero-order chi connectivity index (χ0) is 14.5. The fourth-order valence-corrected chi connectivity index (χ4v) is 1.96. The van der Waals surface area contributed by atoms with Crippen LogP contribution in [0.3, 0.4) is 0 Å². The van der Waals surface area contributed by atoms with Gasteiger partial charge < -0.3 is 20.1 Å². The second-order valence-corrected chi connectivity index (χ2v) is 4.65. The predicted octanol–water partition coefficient (Wildman–Crippen LogP) is 2.47. The van der Waals surface area contributed by atoms with E-state index in [-0.39, 0.29) is 5.75 Å². The average molecular weight is 273 g/mol. The SMILES string of the molecule is COc1ccc(CNc2cnccc2N(C)C)cc1O. The van der Waals surface area contributed by atoms with Crippen LogP contribution in [0.1, 0.15) is 5.56 Å². The third-order valence-corrected chi connectivity index (χ3v) is 3.01. The van der Waals surface area contributed by atoms with Crippen LogP contribution in [0.25, 0.3) is 0 Å². The van der Waals surface area contributed by atoms with Crippen molar-refractivity contribution < 1.29 is 9.84 Å². The molecule has 0 fully saturated rings. The smallest absolute Gasteiger partial charge is 0.160 e.